The van der Waals surface area contributed by atoms with Crippen LogP contribution in [0, 0.1) is 6.92 Å². The molecule has 2 aromatic heterocycles. The molecule has 2 heterocycles. The van der Waals surface area contributed by atoms with E-state index >= 15 is 0 Å². The standard InChI is InChI=1S/C22H21ClN4OS/c1-15-14-20(17-9-4-6-11-19(17)24-15)29-22-26-25-21(27(22)12-7-13-28-2)16-8-3-5-10-18(16)23/h3-6,8-11,14H,7,12-13H2,1-2H3. The molecule has 0 aliphatic rings. The number of hydrogen-bond acceptors (Lipinski definition) is 5. The van der Waals surface area contributed by atoms with Crippen LogP contribution in [0.3, 0.4) is 0 Å². The van der Waals surface area contributed by atoms with Gasteiger partial charge in [0.1, 0.15) is 0 Å². The minimum absolute atomic E-state index is 0.662. The lowest BCUT2D eigenvalue weighted by Gasteiger charge is -2.12. The van der Waals surface area contributed by atoms with Crippen molar-refractivity contribution in [2.75, 3.05) is 13.7 Å². The number of nitrogens with zero attached hydrogens (tertiary/aromatic N) is 4. The summed E-state index contributed by atoms with van der Waals surface area (Å²) in [4.78, 5) is 5.75. The van der Waals surface area contributed by atoms with Crippen molar-refractivity contribution in [2.24, 2.45) is 0 Å². The van der Waals surface area contributed by atoms with Gasteiger partial charge in [0.05, 0.1) is 10.5 Å². The lowest BCUT2D eigenvalue weighted by Crippen LogP contribution is -2.05. The van der Waals surface area contributed by atoms with Gasteiger partial charge in [0, 0.05) is 41.8 Å². The predicted octanol–water partition coefficient (Wildman–Crippen LogP) is 5.64. The molecular formula is C22H21ClN4OS. The van der Waals surface area contributed by atoms with Crippen LogP contribution in [0.2, 0.25) is 5.02 Å². The number of rotatable bonds is 7. The van der Waals surface area contributed by atoms with E-state index in [2.05, 4.69) is 31.9 Å². The Morgan fingerprint density at radius 1 is 1.07 bits per heavy atom. The summed E-state index contributed by atoms with van der Waals surface area (Å²) in [5.41, 5.74) is 2.83. The first kappa shape index (κ1) is 19.9. The zero-order chi connectivity index (χ0) is 20.2. The van der Waals surface area contributed by atoms with Crippen LogP contribution in [-0.4, -0.2) is 33.5 Å². The summed E-state index contributed by atoms with van der Waals surface area (Å²) in [5, 5.41) is 11.6. The van der Waals surface area contributed by atoms with Crippen molar-refractivity contribution in [1.29, 1.82) is 0 Å². The number of methoxy groups -OCH3 is 1. The number of halogens is 1. The van der Waals surface area contributed by atoms with Gasteiger partial charge < -0.3 is 9.30 Å². The van der Waals surface area contributed by atoms with E-state index in [9.17, 15) is 0 Å². The van der Waals surface area contributed by atoms with Crippen LogP contribution in [0.1, 0.15) is 12.1 Å². The van der Waals surface area contributed by atoms with Crippen molar-refractivity contribution in [3.8, 4) is 11.4 Å². The average molecular weight is 425 g/mol. The van der Waals surface area contributed by atoms with E-state index in [0.29, 0.717) is 11.6 Å². The Morgan fingerprint density at radius 2 is 1.86 bits per heavy atom. The average Bonchev–Trinajstić information content (AvgIpc) is 3.11. The summed E-state index contributed by atoms with van der Waals surface area (Å²) in [6, 6.07) is 18.0. The topological polar surface area (TPSA) is 52.8 Å². The molecule has 29 heavy (non-hydrogen) atoms. The predicted molar refractivity (Wildman–Crippen MR) is 118 cm³/mol. The van der Waals surface area contributed by atoms with Gasteiger partial charge in [0.2, 0.25) is 0 Å². The number of pyridine rings is 1. The maximum Gasteiger partial charge on any atom is 0.196 e. The number of benzene rings is 2. The Kier molecular flexibility index (Phi) is 6.13. The van der Waals surface area contributed by atoms with E-state index in [-0.39, 0.29) is 0 Å². The number of aryl methyl sites for hydroxylation is 1. The smallest absolute Gasteiger partial charge is 0.196 e. The van der Waals surface area contributed by atoms with Crippen LogP contribution < -0.4 is 0 Å². The molecule has 7 heteroatoms. The van der Waals surface area contributed by atoms with Gasteiger partial charge in [-0.25, -0.2) is 0 Å². The molecule has 0 saturated carbocycles. The maximum atomic E-state index is 6.44. The third-order valence-electron chi connectivity index (χ3n) is 4.57. The van der Waals surface area contributed by atoms with E-state index < -0.39 is 0 Å². The molecule has 2 aromatic carbocycles. The highest BCUT2D eigenvalue weighted by Crippen LogP contribution is 2.35. The van der Waals surface area contributed by atoms with Crippen molar-refractivity contribution in [3.05, 3.63) is 65.3 Å². The first-order valence-electron chi connectivity index (χ1n) is 9.38. The van der Waals surface area contributed by atoms with E-state index in [1.165, 1.54) is 0 Å². The summed E-state index contributed by atoms with van der Waals surface area (Å²) in [7, 11) is 1.71. The van der Waals surface area contributed by atoms with Crippen LogP contribution in [0.5, 0.6) is 0 Å². The first-order chi connectivity index (χ1) is 14.2. The zero-order valence-electron chi connectivity index (χ0n) is 16.3. The summed E-state index contributed by atoms with van der Waals surface area (Å²) in [6.07, 6.45) is 0.857. The third-order valence-corrected chi connectivity index (χ3v) is 5.94. The fraction of sp³-hybridized carbons (Fsp3) is 0.227. The highest BCUT2D eigenvalue weighted by Gasteiger charge is 2.18. The third kappa shape index (κ3) is 4.29. The molecule has 0 radical (unpaired) electrons. The van der Waals surface area contributed by atoms with Crippen molar-refractivity contribution in [1.82, 2.24) is 19.7 Å². The molecule has 5 nitrogen and oxygen atoms in total. The highest BCUT2D eigenvalue weighted by molar-refractivity contribution is 7.99. The molecule has 0 saturated heterocycles. The Labute approximate surface area is 179 Å². The normalized spacial score (nSPS) is 11.3. The molecule has 0 atom stereocenters. The molecule has 4 aromatic rings. The number of hydrogen-bond donors (Lipinski definition) is 0. The Bertz CT molecular complexity index is 1140. The zero-order valence-corrected chi connectivity index (χ0v) is 17.9. The van der Waals surface area contributed by atoms with Crippen LogP contribution in [0.15, 0.2) is 64.6 Å². The second-order valence-corrected chi connectivity index (χ2v) is 8.08. The van der Waals surface area contributed by atoms with Gasteiger partial charge in [0.25, 0.3) is 0 Å². The van der Waals surface area contributed by atoms with Gasteiger partial charge in [-0.3, -0.25) is 4.98 Å². The van der Waals surface area contributed by atoms with E-state index in [4.69, 9.17) is 16.3 Å². The minimum atomic E-state index is 0.662. The van der Waals surface area contributed by atoms with Crippen LogP contribution in [0.4, 0.5) is 0 Å². The molecule has 0 spiro atoms. The monoisotopic (exact) mass is 424 g/mol. The molecular weight excluding hydrogens is 404 g/mol. The van der Waals surface area contributed by atoms with E-state index in [1.54, 1.807) is 18.9 Å². The van der Waals surface area contributed by atoms with Crippen LogP contribution in [-0.2, 0) is 11.3 Å². The van der Waals surface area contributed by atoms with Gasteiger partial charge in [-0.05, 0) is 49.4 Å². The van der Waals surface area contributed by atoms with Crippen LogP contribution in [0.25, 0.3) is 22.3 Å². The summed E-state index contributed by atoms with van der Waals surface area (Å²) >= 11 is 8.04. The van der Waals surface area contributed by atoms with E-state index in [0.717, 1.165) is 51.0 Å². The molecule has 0 N–H and O–H groups in total. The Balaban J connectivity index is 1.77. The minimum Gasteiger partial charge on any atom is -0.385 e. The largest absolute Gasteiger partial charge is 0.385 e. The lowest BCUT2D eigenvalue weighted by atomic mass is 10.2. The van der Waals surface area contributed by atoms with Crippen molar-refractivity contribution in [3.63, 3.8) is 0 Å². The van der Waals surface area contributed by atoms with Crippen LogP contribution >= 0.6 is 23.4 Å². The fourth-order valence-corrected chi connectivity index (χ4v) is 4.53. The Morgan fingerprint density at radius 3 is 2.69 bits per heavy atom. The van der Waals surface area contributed by atoms with Gasteiger partial charge in [-0.2, -0.15) is 0 Å². The summed E-state index contributed by atoms with van der Waals surface area (Å²) in [5.74, 6) is 0.768. The molecule has 0 amide bonds. The number of aromatic nitrogens is 4. The molecule has 0 bridgehead atoms. The van der Waals surface area contributed by atoms with Gasteiger partial charge in [-0.15, -0.1) is 10.2 Å². The maximum absolute atomic E-state index is 6.44. The Hall–Kier alpha value is -2.41. The molecule has 0 fully saturated rings. The first-order valence-corrected chi connectivity index (χ1v) is 10.6. The molecule has 0 unspecified atom stereocenters. The summed E-state index contributed by atoms with van der Waals surface area (Å²) in [6.45, 7) is 3.42. The molecule has 4 rings (SSSR count). The van der Waals surface area contributed by atoms with Crippen molar-refractivity contribution in [2.45, 2.75) is 29.9 Å². The van der Waals surface area contributed by atoms with Gasteiger partial charge in [0.15, 0.2) is 11.0 Å². The van der Waals surface area contributed by atoms with Crippen molar-refractivity contribution >= 4 is 34.3 Å². The van der Waals surface area contributed by atoms with Gasteiger partial charge in [-0.1, -0.05) is 41.9 Å². The molecule has 0 aliphatic carbocycles. The van der Waals surface area contributed by atoms with Gasteiger partial charge >= 0.3 is 0 Å². The van der Waals surface area contributed by atoms with Crippen molar-refractivity contribution < 1.29 is 4.74 Å². The summed E-state index contributed by atoms with van der Waals surface area (Å²) < 4.78 is 7.37. The lowest BCUT2D eigenvalue weighted by molar-refractivity contribution is 0.189. The second-order valence-electron chi connectivity index (χ2n) is 6.67. The molecule has 148 valence electrons. The number of ether oxygens (including phenoxy) is 1. The SMILES string of the molecule is COCCCn1c(Sc2cc(C)nc3ccccc23)nnc1-c1ccccc1Cl. The fourth-order valence-electron chi connectivity index (χ4n) is 3.23. The quantitative estimate of drug-likeness (QED) is 0.359. The second kappa shape index (κ2) is 8.95. The highest BCUT2D eigenvalue weighted by atomic mass is 35.5. The number of fused-ring (bicyclic) bond motifs is 1. The van der Waals surface area contributed by atoms with E-state index in [1.807, 2.05) is 49.4 Å². The number of para-hydroxylation sites is 1. The molecule has 0 aliphatic heterocycles.